The van der Waals surface area contributed by atoms with Gasteiger partial charge in [0.05, 0.1) is 23.1 Å². The van der Waals surface area contributed by atoms with Crippen LogP contribution in [-0.2, 0) is 0 Å². The van der Waals surface area contributed by atoms with Crippen molar-refractivity contribution in [3.8, 4) is 5.69 Å². The molecule has 1 amide bonds. The quantitative estimate of drug-likeness (QED) is 0.898. The van der Waals surface area contributed by atoms with Gasteiger partial charge in [-0.15, -0.1) is 0 Å². The minimum absolute atomic E-state index is 0.0742. The lowest BCUT2D eigenvalue weighted by Crippen LogP contribution is -2.23. The van der Waals surface area contributed by atoms with Crippen LogP contribution in [0.4, 0.5) is 0 Å². The maximum absolute atomic E-state index is 11.8. The molecule has 1 aromatic heterocycles. The first-order chi connectivity index (χ1) is 8.65. The van der Waals surface area contributed by atoms with E-state index < -0.39 is 0 Å². The Morgan fingerprint density at radius 3 is 2.72 bits per heavy atom. The summed E-state index contributed by atoms with van der Waals surface area (Å²) in [6.07, 6.45) is 1.62. The van der Waals surface area contributed by atoms with Crippen molar-refractivity contribution in [1.82, 2.24) is 15.1 Å². The number of para-hydroxylation sites is 1. The summed E-state index contributed by atoms with van der Waals surface area (Å²) in [5, 5.41) is 7.10. The molecule has 2 rings (SSSR count). The molecule has 0 bridgehead atoms. The SMILES string of the molecule is CCNC(=O)c1cnn(-c2ccccc2C)c1C. The van der Waals surface area contributed by atoms with Crippen LogP contribution in [0.5, 0.6) is 0 Å². The standard InChI is InChI=1S/C14H17N3O/c1-4-15-14(18)12-9-16-17(11(12)3)13-8-6-5-7-10(13)2/h5-9H,4H2,1-3H3,(H,15,18). The summed E-state index contributed by atoms with van der Waals surface area (Å²) >= 11 is 0. The fourth-order valence-corrected chi connectivity index (χ4v) is 1.93. The first kappa shape index (κ1) is 12.4. The van der Waals surface area contributed by atoms with Gasteiger partial charge in [-0.05, 0) is 32.4 Å². The maximum Gasteiger partial charge on any atom is 0.254 e. The number of amides is 1. The van der Waals surface area contributed by atoms with Crippen molar-refractivity contribution in [2.45, 2.75) is 20.8 Å². The molecule has 0 saturated heterocycles. The molecule has 0 unspecified atom stereocenters. The van der Waals surface area contributed by atoms with Crippen molar-refractivity contribution in [3.05, 3.63) is 47.3 Å². The third kappa shape index (κ3) is 2.14. The maximum atomic E-state index is 11.8. The van der Waals surface area contributed by atoms with E-state index in [0.717, 1.165) is 16.9 Å². The van der Waals surface area contributed by atoms with E-state index in [4.69, 9.17) is 0 Å². The predicted octanol–water partition coefficient (Wildman–Crippen LogP) is 2.24. The second kappa shape index (κ2) is 5.04. The number of nitrogens with one attached hydrogen (secondary N) is 1. The van der Waals surface area contributed by atoms with Crippen LogP contribution >= 0.6 is 0 Å². The van der Waals surface area contributed by atoms with E-state index in [2.05, 4.69) is 10.4 Å². The molecule has 4 heteroatoms. The lowest BCUT2D eigenvalue weighted by molar-refractivity contribution is 0.0955. The average Bonchev–Trinajstić information content (AvgIpc) is 2.72. The number of aromatic nitrogens is 2. The number of hydrogen-bond acceptors (Lipinski definition) is 2. The predicted molar refractivity (Wildman–Crippen MR) is 71.0 cm³/mol. The molecule has 2 aromatic rings. The second-order valence-electron chi connectivity index (χ2n) is 4.20. The summed E-state index contributed by atoms with van der Waals surface area (Å²) < 4.78 is 1.81. The summed E-state index contributed by atoms with van der Waals surface area (Å²) in [6, 6.07) is 7.98. The van der Waals surface area contributed by atoms with Gasteiger partial charge in [-0.25, -0.2) is 4.68 Å². The number of carbonyl (C=O) groups is 1. The Morgan fingerprint density at radius 2 is 2.06 bits per heavy atom. The molecule has 94 valence electrons. The molecule has 4 nitrogen and oxygen atoms in total. The second-order valence-corrected chi connectivity index (χ2v) is 4.20. The molecule has 0 fully saturated rings. The van der Waals surface area contributed by atoms with Crippen LogP contribution in [0.3, 0.4) is 0 Å². The summed E-state index contributed by atoms with van der Waals surface area (Å²) in [6.45, 7) is 6.46. The summed E-state index contributed by atoms with van der Waals surface area (Å²) in [5.41, 5.74) is 3.62. The Bertz CT molecular complexity index is 572. The fourth-order valence-electron chi connectivity index (χ4n) is 1.93. The van der Waals surface area contributed by atoms with Gasteiger partial charge in [-0.2, -0.15) is 5.10 Å². The van der Waals surface area contributed by atoms with Crippen LogP contribution in [0, 0.1) is 13.8 Å². The van der Waals surface area contributed by atoms with Crippen molar-refractivity contribution < 1.29 is 4.79 Å². The highest BCUT2D eigenvalue weighted by Gasteiger charge is 2.14. The Hall–Kier alpha value is -2.10. The van der Waals surface area contributed by atoms with Gasteiger partial charge < -0.3 is 5.32 Å². The lowest BCUT2D eigenvalue weighted by Gasteiger charge is -2.08. The molecule has 0 aliphatic rings. The largest absolute Gasteiger partial charge is 0.352 e. The molecule has 0 aliphatic heterocycles. The van der Waals surface area contributed by atoms with E-state index in [-0.39, 0.29) is 5.91 Å². The van der Waals surface area contributed by atoms with Gasteiger partial charge in [0.25, 0.3) is 5.91 Å². The van der Waals surface area contributed by atoms with Crippen LogP contribution in [0.25, 0.3) is 5.69 Å². The molecular weight excluding hydrogens is 226 g/mol. The van der Waals surface area contributed by atoms with Crippen LogP contribution in [0.2, 0.25) is 0 Å². The summed E-state index contributed by atoms with van der Waals surface area (Å²) in [4.78, 5) is 11.8. The molecule has 18 heavy (non-hydrogen) atoms. The zero-order chi connectivity index (χ0) is 13.1. The van der Waals surface area contributed by atoms with Gasteiger partial charge >= 0.3 is 0 Å². The Morgan fingerprint density at radius 1 is 1.33 bits per heavy atom. The molecule has 0 spiro atoms. The van der Waals surface area contributed by atoms with Crippen LogP contribution in [0.1, 0.15) is 28.5 Å². The highest BCUT2D eigenvalue weighted by atomic mass is 16.1. The molecule has 1 aromatic carbocycles. The third-order valence-corrected chi connectivity index (χ3v) is 2.94. The smallest absolute Gasteiger partial charge is 0.254 e. The molecule has 0 aliphatic carbocycles. The van der Waals surface area contributed by atoms with Gasteiger partial charge in [-0.3, -0.25) is 4.79 Å². The van der Waals surface area contributed by atoms with Crippen molar-refractivity contribution >= 4 is 5.91 Å². The van der Waals surface area contributed by atoms with E-state index in [9.17, 15) is 4.79 Å². The number of rotatable bonds is 3. The number of benzene rings is 1. The van der Waals surface area contributed by atoms with E-state index in [0.29, 0.717) is 12.1 Å². The number of carbonyl (C=O) groups excluding carboxylic acids is 1. The molecule has 1 N–H and O–H groups in total. The van der Waals surface area contributed by atoms with Crippen molar-refractivity contribution in [3.63, 3.8) is 0 Å². The highest BCUT2D eigenvalue weighted by Crippen LogP contribution is 2.17. The molecule has 1 heterocycles. The fraction of sp³-hybridized carbons (Fsp3) is 0.286. The molecular formula is C14H17N3O. The first-order valence-electron chi connectivity index (χ1n) is 6.04. The minimum Gasteiger partial charge on any atom is -0.352 e. The van der Waals surface area contributed by atoms with Crippen molar-refractivity contribution in [2.24, 2.45) is 0 Å². The Kier molecular flexibility index (Phi) is 3.46. The first-order valence-corrected chi connectivity index (χ1v) is 6.04. The summed E-state index contributed by atoms with van der Waals surface area (Å²) in [5.74, 6) is -0.0742. The third-order valence-electron chi connectivity index (χ3n) is 2.94. The van der Waals surface area contributed by atoms with Crippen LogP contribution in [-0.4, -0.2) is 22.2 Å². The monoisotopic (exact) mass is 243 g/mol. The van der Waals surface area contributed by atoms with Crippen LogP contribution in [0.15, 0.2) is 30.5 Å². The lowest BCUT2D eigenvalue weighted by atomic mass is 10.2. The minimum atomic E-state index is -0.0742. The topological polar surface area (TPSA) is 46.9 Å². The Balaban J connectivity index is 2.43. The van der Waals surface area contributed by atoms with E-state index >= 15 is 0 Å². The summed E-state index contributed by atoms with van der Waals surface area (Å²) in [7, 11) is 0. The number of hydrogen-bond donors (Lipinski definition) is 1. The average molecular weight is 243 g/mol. The molecule has 0 saturated carbocycles. The van der Waals surface area contributed by atoms with E-state index in [1.165, 1.54) is 0 Å². The van der Waals surface area contributed by atoms with Crippen LogP contribution < -0.4 is 5.32 Å². The van der Waals surface area contributed by atoms with E-state index in [1.807, 2.05) is 45.0 Å². The zero-order valence-electron chi connectivity index (χ0n) is 10.9. The van der Waals surface area contributed by atoms with Gasteiger partial charge in [0.1, 0.15) is 0 Å². The molecule has 0 atom stereocenters. The van der Waals surface area contributed by atoms with Gasteiger partial charge in [0, 0.05) is 6.54 Å². The molecule has 0 radical (unpaired) electrons. The number of aryl methyl sites for hydroxylation is 1. The normalized spacial score (nSPS) is 10.4. The zero-order valence-corrected chi connectivity index (χ0v) is 10.9. The number of nitrogens with zero attached hydrogens (tertiary/aromatic N) is 2. The van der Waals surface area contributed by atoms with Crippen molar-refractivity contribution in [2.75, 3.05) is 6.54 Å². The van der Waals surface area contributed by atoms with Crippen molar-refractivity contribution in [1.29, 1.82) is 0 Å². The highest BCUT2D eigenvalue weighted by molar-refractivity contribution is 5.95. The van der Waals surface area contributed by atoms with Gasteiger partial charge in [-0.1, -0.05) is 18.2 Å². The van der Waals surface area contributed by atoms with E-state index in [1.54, 1.807) is 10.9 Å². The van der Waals surface area contributed by atoms with Gasteiger partial charge in [0.2, 0.25) is 0 Å². The Labute approximate surface area is 107 Å². The van der Waals surface area contributed by atoms with Gasteiger partial charge in [0.15, 0.2) is 0 Å².